The molecule has 2 rings (SSSR count). The van der Waals surface area contributed by atoms with Gasteiger partial charge in [-0.1, -0.05) is 17.7 Å². The smallest absolute Gasteiger partial charge is 0.272 e. The first kappa shape index (κ1) is 14.0. The Balaban J connectivity index is 2.31. The van der Waals surface area contributed by atoms with E-state index in [1.807, 2.05) is 19.1 Å². The summed E-state index contributed by atoms with van der Waals surface area (Å²) in [5, 5.41) is 20.1. The number of hydrogen-bond acceptors (Lipinski definition) is 4. The van der Waals surface area contributed by atoms with Crippen molar-refractivity contribution < 1.29 is 14.8 Å². The molecule has 0 aliphatic heterocycles. The van der Waals surface area contributed by atoms with E-state index in [1.54, 1.807) is 25.1 Å². The molecule has 0 aliphatic rings. The molecule has 0 bridgehead atoms. The van der Waals surface area contributed by atoms with Crippen molar-refractivity contribution in [1.82, 2.24) is 0 Å². The zero-order chi connectivity index (χ0) is 14.7. The number of aliphatic hydroxyl groups excluding tert-OH is 1. The first-order valence-corrected chi connectivity index (χ1v) is 6.14. The van der Waals surface area contributed by atoms with Crippen molar-refractivity contribution in [3.63, 3.8) is 0 Å². The van der Waals surface area contributed by atoms with E-state index in [0.717, 1.165) is 5.56 Å². The van der Waals surface area contributed by atoms with E-state index in [9.17, 15) is 15.2 Å². The predicted octanol–water partition coefficient (Wildman–Crippen LogP) is 3.50. The summed E-state index contributed by atoms with van der Waals surface area (Å²) < 4.78 is 5.69. The summed E-state index contributed by atoms with van der Waals surface area (Å²) in [6, 6.07) is 10.1. The normalized spacial score (nSPS) is 10.3. The fourth-order valence-electron chi connectivity index (χ4n) is 1.95. The lowest BCUT2D eigenvalue weighted by molar-refractivity contribution is -0.385. The minimum atomic E-state index is -0.426. The molecular formula is C15H15NO4. The minimum Gasteiger partial charge on any atom is -0.457 e. The Labute approximate surface area is 116 Å². The van der Waals surface area contributed by atoms with Crippen LogP contribution in [0.2, 0.25) is 0 Å². The van der Waals surface area contributed by atoms with Crippen LogP contribution in [0.1, 0.15) is 16.7 Å². The standard InChI is InChI=1S/C15H15NO4/c1-10-3-6-15(12(7-10)9-17)20-13-4-5-14(16(18)19)11(2)8-13/h3-8,17H,9H2,1-2H3. The summed E-state index contributed by atoms with van der Waals surface area (Å²) in [5.74, 6) is 1.05. The second kappa shape index (κ2) is 5.71. The third-order valence-corrected chi connectivity index (χ3v) is 2.98. The number of rotatable bonds is 4. The van der Waals surface area contributed by atoms with Crippen LogP contribution in [0.15, 0.2) is 36.4 Å². The van der Waals surface area contributed by atoms with Gasteiger partial charge in [0.2, 0.25) is 0 Å². The first-order chi connectivity index (χ1) is 9.51. The van der Waals surface area contributed by atoms with Gasteiger partial charge in [0.25, 0.3) is 5.69 Å². The SMILES string of the molecule is Cc1ccc(Oc2ccc([N+](=O)[O-])c(C)c2)c(CO)c1. The van der Waals surface area contributed by atoms with Crippen LogP contribution in [0, 0.1) is 24.0 Å². The number of nitro groups is 1. The Hall–Kier alpha value is -2.40. The molecule has 1 N–H and O–H groups in total. The Morgan fingerprint density at radius 1 is 1.20 bits per heavy atom. The van der Waals surface area contributed by atoms with Gasteiger partial charge in [0.05, 0.1) is 11.5 Å². The van der Waals surface area contributed by atoms with Gasteiger partial charge in [0, 0.05) is 17.2 Å². The van der Waals surface area contributed by atoms with Crippen molar-refractivity contribution >= 4 is 5.69 Å². The molecule has 20 heavy (non-hydrogen) atoms. The largest absolute Gasteiger partial charge is 0.457 e. The van der Waals surface area contributed by atoms with Crippen molar-refractivity contribution in [3.8, 4) is 11.5 Å². The van der Waals surface area contributed by atoms with Gasteiger partial charge in [-0.05, 0) is 32.0 Å². The number of hydrogen-bond donors (Lipinski definition) is 1. The summed E-state index contributed by atoms with van der Waals surface area (Å²) in [5.41, 5.74) is 2.30. The van der Waals surface area contributed by atoms with Crippen LogP contribution in [0.5, 0.6) is 11.5 Å². The molecule has 0 amide bonds. The Morgan fingerprint density at radius 2 is 1.95 bits per heavy atom. The lowest BCUT2D eigenvalue weighted by Gasteiger charge is -2.11. The van der Waals surface area contributed by atoms with Crippen LogP contribution in [-0.4, -0.2) is 10.0 Å². The fourth-order valence-corrected chi connectivity index (χ4v) is 1.95. The molecule has 0 fully saturated rings. The highest BCUT2D eigenvalue weighted by atomic mass is 16.6. The molecule has 2 aromatic carbocycles. The molecule has 0 saturated heterocycles. The highest BCUT2D eigenvalue weighted by Crippen LogP contribution is 2.29. The quantitative estimate of drug-likeness (QED) is 0.683. The molecular weight excluding hydrogens is 258 g/mol. The van der Waals surface area contributed by atoms with Crippen molar-refractivity contribution in [3.05, 3.63) is 63.2 Å². The minimum absolute atomic E-state index is 0.0589. The fraction of sp³-hybridized carbons (Fsp3) is 0.200. The van der Waals surface area contributed by atoms with Crippen LogP contribution in [0.25, 0.3) is 0 Å². The highest BCUT2D eigenvalue weighted by Gasteiger charge is 2.12. The molecule has 0 unspecified atom stereocenters. The van der Waals surface area contributed by atoms with Crippen LogP contribution in [0.4, 0.5) is 5.69 Å². The Bertz CT molecular complexity index is 652. The maximum Gasteiger partial charge on any atom is 0.272 e. The molecule has 0 aromatic heterocycles. The summed E-state index contributed by atoms with van der Waals surface area (Å²) in [7, 11) is 0. The molecule has 0 saturated carbocycles. The van der Waals surface area contributed by atoms with Gasteiger partial charge in [0.15, 0.2) is 0 Å². The molecule has 0 radical (unpaired) electrons. The van der Waals surface area contributed by atoms with E-state index >= 15 is 0 Å². The molecule has 5 heteroatoms. The van der Waals surface area contributed by atoms with Crippen molar-refractivity contribution in [2.24, 2.45) is 0 Å². The molecule has 0 atom stereocenters. The third kappa shape index (κ3) is 2.95. The molecule has 5 nitrogen and oxygen atoms in total. The van der Waals surface area contributed by atoms with E-state index in [4.69, 9.17) is 4.74 Å². The number of aliphatic hydroxyl groups is 1. The highest BCUT2D eigenvalue weighted by molar-refractivity contribution is 5.46. The predicted molar refractivity (Wildman–Crippen MR) is 75.0 cm³/mol. The number of nitro benzene ring substituents is 1. The average Bonchev–Trinajstić information content (AvgIpc) is 2.40. The maximum absolute atomic E-state index is 10.8. The Kier molecular flexibility index (Phi) is 4.00. The van der Waals surface area contributed by atoms with Gasteiger partial charge in [0.1, 0.15) is 11.5 Å². The molecule has 2 aromatic rings. The van der Waals surface area contributed by atoms with Crippen LogP contribution in [0.3, 0.4) is 0 Å². The Morgan fingerprint density at radius 3 is 2.55 bits per heavy atom. The lowest BCUT2D eigenvalue weighted by Crippen LogP contribution is -1.95. The van der Waals surface area contributed by atoms with Gasteiger partial charge >= 0.3 is 0 Å². The third-order valence-electron chi connectivity index (χ3n) is 2.98. The summed E-state index contributed by atoms with van der Waals surface area (Å²) in [6.07, 6.45) is 0. The molecule has 104 valence electrons. The van der Waals surface area contributed by atoms with E-state index in [-0.39, 0.29) is 12.3 Å². The zero-order valence-corrected chi connectivity index (χ0v) is 11.3. The number of benzene rings is 2. The number of ether oxygens (including phenoxy) is 1. The van der Waals surface area contributed by atoms with E-state index in [1.165, 1.54) is 6.07 Å². The lowest BCUT2D eigenvalue weighted by atomic mass is 10.1. The molecule has 0 spiro atoms. The number of aryl methyl sites for hydroxylation is 2. The second-order valence-corrected chi connectivity index (χ2v) is 4.58. The van der Waals surface area contributed by atoms with Crippen LogP contribution < -0.4 is 4.74 Å². The maximum atomic E-state index is 10.8. The molecule has 0 heterocycles. The van der Waals surface area contributed by atoms with Gasteiger partial charge in [-0.2, -0.15) is 0 Å². The van der Waals surface area contributed by atoms with Gasteiger partial charge < -0.3 is 9.84 Å². The van der Waals surface area contributed by atoms with E-state index in [2.05, 4.69) is 0 Å². The van der Waals surface area contributed by atoms with Gasteiger partial charge in [-0.25, -0.2) is 0 Å². The first-order valence-electron chi connectivity index (χ1n) is 6.14. The van der Waals surface area contributed by atoms with Crippen molar-refractivity contribution in [1.29, 1.82) is 0 Å². The van der Waals surface area contributed by atoms with Gasteiger partial charge in [-0.3, -0.25) is 10.1 Å². The topological polar surface area (TPSA) is 72.6 Å². The van der Waals surface area contributed by atoms with Crippen molar-refractivity contribution in [2.75, 3.05) is 0 Å². The summed E-state index contributed by atoms with van der Waals surface area (Å²) >= 11 is 0. The second-order valence-electron chi connectivity index (χ2n) is 4.58. The summed E-state index contributed by atoms with van der Waals surface area (Å²) in [6.45, 7) is 3.47. The van der Waals surface area contributed by atoms with Gasteiger partial charge in [-0.15, -0.1) is 0 Å². The monoisotopic (exact) mass is 273 g/mol. The number of nitrogens with zero attached hydrogens (tertiary/aromatic N) is 1. The van der Waals surface area contributed by atoms with Crippen LogP contribution >= 0.6 is 0 Å². The van der Waals surface area contributed by atoms with Crippen LogP contribution in [-0.2, 0) is 6.61 Å². The van der Waals surface area contributed by atoms with Crippen molar-refractivity contribution in [2.45, 2.75) is 20.5 Å². The van der Waals surface area contributed by atoms with E-state index in [0.29, 0.717) is 22.6 Å². The molecule has 0 aliphatic carbocycles. The zero-order valence-electron chi connectivity index (χ0n) is 11.3. The van der Waals surface area contributed by atoms with E-state index < -0.39 is 4.92 Å². The average molecular weight is 273 g/mol. The summed E-state index contributed by atoms with van der Waals surface area (Å²) in [4.78, 5) is 10.3.